The zero-order chi connectivity index (χ0) is 22.1. The zero-order valence-electron chi connectivity index (χ0n) is 20.2. The molecule has 7 atom stereocenters. The highest BCUT2D eigenvalue weighted by atomic mass is 16.3. The van der Waals surface area contributed by atoms with E-state index in [9.17, 15) is 10.2 Å². The first-order chi connectivity index (χ1) is 14.1. The largest absolute Gasteiger partial charge is 0.393 e. The first kappa shape index (κ1) is 23.8. The molecular formula is C28H46O2. The molecule has 0 aromatic rings. The van der Waals surface area contributed by atoms with Crippen molar-refractivity contribution in [2.24, 2.45) is 35.0 Å². The molecule has 3 aliphatic carbocycles. The first-order valence-electron chi connectivity index (χ1n) is 12.6. The molecule has 3 aliphatic rings. The molecule has 0 heterocycles. The van der Waals surface area contributed by atoms with E-state index in [0.717, 1.165) is 25.7 Å². The molecule has 0 amide bonds. The Morgan fingerprint density at radius 3 is 2.53 bits per heavy atom. The summed E-state index contributed by atoms with van der Waals surface area (Å²) in [5.41, 5.74) is 4.36. The topological polar surface area (TPSA) is 40.5 Å². The molecule has 0 unspecified atom stereocenters. The van der Waals surface area contributed by atoms with E-state index in [-0.39, 0.29) is 12.2 Å². The number of aliphatic hydroxyl groups excluding tert-OH is 2. The average Bonchev–Trinajstić information content (AvgIpc) is 3.05. The van der Waals surface area contributed by atoms with Crippen molar-refractivity contribution in [3.05, 3.63) is 35.5 Å². The Hall–Kier alpha value is -0.860. The minimum Gasteiger partial charge on any atom is -0.393 e. The smallest absolute Gasteiger partial charge is 0.0583 e. The molecule has 2 heteroatoms. The van der Waals surface area contributed by atoms with Crippen LogP contribution in [-0.2, 0) is 0 Å². The second-order valence-corrected chi connectivity index (χ2v) is 11.4. The van der Waals surface area contributed by atoms with Gasteiger partial charge in [0.2, 0.25) is 0 Å². The van der Waals surface area contributed by atoms with Crippen LogP contribution in [0.15, 0.2) is 35.5 Å². The third-order valence-electron chi connectivity index (χ3n) is 9.22. The Morgan fingerprint density at radius 2 is 1.83 bits per heavy atom. The summed E-state index contributed by atoms with van der Waals surface area (Å²) in [6.45, 7) is 15.9. The van der Waals surface area contributed by atoms with E-state index >= 15 is 0 Å². The fourth-order valence-corrected chi connectivity index (χ4v) is 6.67. The van der Waals surface area contributed by atoms with Gasteiger partial charge in [0, 0.05) is 0 Å². The molecule has 30 heavy (non-hydrogen) atoms. The van der Waals surface area contributed by atoms with Crippen LogP contribution < -0.4 is 0 Å². The molecule has 0 radical (unpaired) electrons. The maximum Gasteiger partial charge on any atom is 0.0583 e. The van der Waals surface area contributed by atoms with Gasteiger partial charge in [0.1, 0.15) is 0 Å². The van der Waals surface area contributed by atoms with Crippen LogP contribution in [0, 0.1) is 35.0 Å². The standard InChI is InChI=1S/C28H46O2/c1-18(2)20(4)16-27(30)21(5)25-13-14-26-22(8-7-15-28(25,26)6)10-11-23-17-24(29)12-9-19(23)3/h10-11,18,20-21,24-27,29-30H,3,7-9,12-17H2,1-2,4-6H3/b22-10+,23-11-/t20-,21-,24+,25+,26-,27-,28+/m0/s1. The Labute approximate surface area is 185 Å². The monoisotopic (exact) mass is 414 g/mol. The maximum atomic E-state index is 11.0. The molecule has 3 fully saturated rings. The van der Waals surface area contributed by atoms with Crippen molar-refractivity contribution in [2.75, 3.05) is 0 Å². The van der Waals surface area contributed by atoms with Gasteiger partial charge in [0.15, 0.2) is 0 Å². The van der Waals surface area contributed by atoms with E-state index in [0.29, 0.717) is 35.0 Å². The summed E-state index contributed by atoms with van der Waals surface area (Å²) in [5.74, 6) is 2.82. The second-order valence-electron chi connectivity index (χ2n) is 11.4. The molecule has 0 aliphatic heterocycles. The molecule has 170 valence electrons. The molecule has 0 spiro atoms. The van der Waals surface area contributed by atoms with Gasteiger partial charge >= 0.3 is 0 Å². The molecular weight excluding hydrogens is 368 g/mol. The predicted octanol–water partition coefficient (Wildman–Crippen LogP) is 6.84. The average molecular weight is 415 g/mol. The molecule has 0 bridgehead atoms. The fourth-order valence-electron chi connectivity index (χ4n) is 6.67. The maximum absolute atomic E-state index is 11.0. The number of fused-ring (bicyclic) bond motifs is 1. The minimum absolute atomic E-state index is 0.188. The first-order valence-corrected chi connectivity index (χ1v) is 12.6. The van der Waals surface area contributed by atoms with Gasteiger partial charge in [-0.15, -0.1) is 0 Å². The summed E-state index contributed by atoms with van der Waals surface area (Å²) in [7, 11) is 0. The van der Waals surface area contributed by atoms with Crippen molar-refractivity contribution in [3.63, 3.8) is 0 Å². The third kappa shape index (κ3) is 4.96. The summed E-state index contributed by atoms with van der Waals surface area (Å²) in [4.78, 5) is 0. The number of hydrogen-bond donors (Lipinski definition) is 2. The van der Waals surface area contributed by atoms with Gasteiger partial charge in [0.05, 0.1) is 12.2 Å². The van der Waals surface area contributed by atoms with Gasteiger partial charge in [-0.2, -0.15) is 0 Å². The van der Waals surface area contributed by atoms with Gasteiger partial charge in [-0.1, -0.05) is 64.5 Å². The minimum atomic E-state index is -0.205. The lowest BCUT2D eigenvalue weighted by atomic mass is 9.60. The Kier molecular flexibility index (Phi) is 7.72. The van der Waals surface area contributed by atoms with E-state index in [1.807, 2.05) is 0 Å². The second kappa shape index (κ2) is 9.74. The van der Waals surface area contributed by atoms with Crippen LogP contribution in [0.25, 0.3) is 0 Å². The summed E-state index contributed by atoms with van der Waals surface area (Å²) >= 11 is 0. The van der Waals surface area contributed by atoms with Gasteiger partial charge in [-0.05, 0) is 98.4 Å². The lowest BCUT2D eigenvalue weighted by Gasteiger charge is -2.45. The summed E-state index contributed by atoms with van der Waals surface area (Å²) in [6.07, 6.45) is 14.0. The van der Waals surface area contributed by atoms with Crippen LogP contribution in [0.2, 0.25) is 0 Å². The Morgan fingerprint density at radius 1 is 1.10 bits per heavy atom. The van der Waals surface area contributed by atoms with Gasteiger partial charge in [-0.25, -0.2) is 0 Å². The molecule has 2 nitrogen and oxygen atoms in total. The highest BCUT2D eigenvalue weighted by Crippen LogP contribution is 2.60. The van der Waals surface area contributed by atoms with Crippen molar-refractivity contribution in [3.8, 4) is 0 Å². The molecule has 2 N–H and O–H groups in total. The van der Waals surface area contributed by atoms with E-state index in [1.165, 1.54) is 43.3 Å². The van der Waals surface area contributed by atoms with E-state index in [2.05, 4.69) is 53.3 Å². The van der Waals surface area contributed by atoms with E-state index in [4.69, 9.17) is 0 Å². The quantitative estimate of drug-likeness (QED) is 0.500. The van der Waals surface area contributed by atoms with Crippen LogP contribution in [0.5, 0.6) is 0 Å². The van der Waals surface area contributed by atoms with Crippen LogP contribution >= 0.6 is 0 Å². The summed E-state index contributed by atoms with van der Waals surface area (Å²) < 4.78 is 0. The van der Waals surface area contributed by atoms with Crippen molar-refractivity contribution in [2.45, 2.75) is 105 Å². The van der Waals surface area contributed by atoms with E-state index in [1.54, 1.807) is 5.57 Å². The number of aliphatic hydroxyl groups is 2. The van der Waals surface area contributed by atoms with E-state index < -0.39 is 0 Å². The molecule has 3 saturated carbocycles. The lowest BCUT2D eigenvalue weighted by molar-refractivity contribution is 0.00715. The van der Waals surface area contributed by atoms with Crippen LogP contribution in [0.3, 0.4) is 0 Å². The van der Waals surface area contributed by atoms with Gasteiger partial charge in [0.25, 0.3) is 0 Å². The molecule has 0 saturated heterocycles. The summed E-state index contributed by atoms with van der Waals surface area (Å²) in [6, 6.07) is 0. The highest BCUT2D eigenvalue weighted by Gasteiger charge is 2.51. The van der Waals surface area contributed by atoms with Crippen LogP contribution in [0.1, 0.15) is 92.4 Å². The normalized spacial score (nSPS) is 38.1. The number of rotatable bonds is 6. The van der Waals surface area contributed by atoms with Crippen molar-refractivity contribution < 1.29 is 10.2 Å². The number of hydrogen-bond acceptors (Lipinski definition) is 2. The van der Waals surface area contributed by atoms with Crippen LogP contribution in [-0.4, -0.2) is 22.4 Å². The van der Waals surface area contributed by atoms with Crippen molar-refractivity contribution >= 4 is 0 Å². The molecule has 0 aromatic heterocycles. The SMILES string of the molecule is C=C1CC[C@@H](O)C/C1=C/C=C1\CCC[C@]2(C)[C@@H]([C@H](C)[C@@H](O)C[C@H](C)C(C)C)CC[C@@H]12. The highest BCUT2D eigenvalue weighted by molar-refractivity contribution is 5.36. The third-order valence-corrected chi connectivity index (χ3v) is 9.22. The lowest BCUT2D eigenvalue weighted by Crippen LogP contribution is -2.39. The predicted molar refractivity (Wildman–Crippen MR) is 127 cm³/mol. The fraction of sp³-hybridized carbons (Fsp3) is 0.786. The summed E-state index contributed by atoms with van der Waals surface area (Å²) in [5, 5.41) is 21.1. The molecule has 3 rings (SSSR count). The van der Waals surface area contributed by atoms with Crippen molar-refractivity contribution in [1.82, 2.24) is 0 Å². The van der Waals surface area contributed by atoms with Crippen molar-refractivity contribution in [1.29, 1.82) is 0 Å². The van der Waals surface area contributed by atoms with Gasteiger partial charge < -0.3 is 10.2 Å². The zero-order valence-corrected chi connectivity index (χ0v) is 20.2. The Bertz CT molecular complexity index is 672. The Balaban J connectivity index is 1.74. The van der Waals surface area contributed by atoms with Crippen LogP contribution in [0.4, 0.5) is 0 Å². The number of allylic oxidation sites excluding steroid dienone is 4. The van der Waals surface area contributed by atoms with Gasteiger partial charge in [-0.3, -0.25) is 0 Å². The molecule has 0 aromatic carbocycles.